The molecule has 3 heteroatoms. The standard InChI is InChI=1S/C2H4N2.ClH/c1-4-2-3;/h3H,1H3;1H. The lowest BCUT2D eigenvalue weighted by atomic mass is 11.4. The second-order valence-electron chi connectivity index (χ2n) is 0.335. The highest BCUT2D eigenvalue weighted by Gasteiger charge is 1.23. The normalized spacial score (nSPS) is 3.40. The van der Waals surface area contributed by atoms with Crippen molar-refractivity contribution >= 4 is 18.4 Å². The summed E-state index contributed by atoms with van der Waals surface area (Å²) in [4.78, 5) is 3.15. The van der Waals surface area contributed by atoms with Gasteiger partial charge in [-0.25, -0.2) is 10.4 Å². The van der Waals surface area contributed by atoms with Gasteiger partial charge in [0.05, 0.1) is 6.01 Å². The molecule has 0 atom stereocenters. The molecule has 0 unspecified atom stereocenters. The fraction of sp³-hybridized carbons (Fsp3) is 0.500. The number of halogens is 1. The van der Waals surface area contributed by atoms with Gasteiger partial charge >= 0.3 is 0 Å². The fourth-order valence-electron chi connectivity index (χ4n) is 0. The number of hydrogen-bond acceptors (Lipinski definition) is 2. The van der Waals surface area contributed by atoms with Gasteiger partial charge in [0.25, 0.3) is 0 Å². The Kier molecular flexibility index (Phi) is 16.6. The first kappa shape index (κ1) is 8.82. The predicted molar refractivity (Wildman–Crippen MR) is 23.3 cm³/mol. The average molecular weight is 92.5 g/mol. The van der Waals surface area contributed by atoms with E-state index in [1.807, 2.05) is 0 Å². The predicted octanol–water partition coefficient (Wildman–Crippen LogP) is 0.791. The Morgan fingerprint density at radius 2 is 2.00 bits per heavy atom. The van der Waals surface area contributed by atoms with E-state index in [0.717, 1.165) is 0 Å². The number of nitrogens with one attached hydrogen (secondary N) is 1. The van der Waals surface area contributed by atoms with Gasteiger partial charge in [-0.05, 0) is 0 Å². The van der Waals surface area contributed by atoms with Crippen LogP contribution in [0.15, 0.2) is 4.99 Å². The molecule has 0 aromatic heterocycles. The number of hydrogen-bond donors (Lipinski definition) is 1. The van der Waals surface area contributed by atoms with Crippen LogP contribution in [-0.4, -0.2) is 13.1 Å². The smallest absolute Gasteiger partial charge is 0.0859 e. The lowest BCUT2D eigenvalue weighted by molar-refractivity contribution is 1.43. The van der Waals surface area contributed by atoms with Crippen LogP contribution in [0.3, 0.4) is 0 Å². The first-order valence-corrected chi connectivity index (χ1v) is 0.921. The minimum atomic E-state index is 0. The third-order valence-corrected chi connectivity index (χ3v) is 0.112. The second kappa shape index (κ2) is 9.38. The molecular formula is C2H5ClN2. The summed E-state index contributed by atoms with van der Waals surface area (Å²) in [7, 11) is 1.51. The quantitative estimate of drug-likeness (QED) is 0.429. The van der Waals surface area contributed by atoms with Gasteiger partial charge in [-0.3, -0.25) is 0 Å². The highest BCUT2D eigenvalue weighted by atomic mass is 35.5. The van der Waals surface area contributed by atoms with Gasteiger partial charge in [0.2, 0.25) is 0 Å². The van der Waals surface area contributed by atoms with Crippen molar-refractivity contribution in [2.24, 2.45) is 4.99 Å². The summed E-state index contributed by atoms with van der Waals surface area (Å²) >= 11 is 0. The molecule has 0 rings (SSSR count). The third kappa shape index (κ3) is 22.8. The molecule has 0 aromatic carbocycles. The lowest BCUT2D eigenvalue weighted by Gasteiger charge is -1.40. The van der Waals surface area contributed by atoms with Gasteiger partial charge in [0, 0.05) is 7.05 Å². The van der Waals surface area contributed by atoms with Gasteiger partial charge in [0.1, 0.15) is 0 Å². The zero-order chi connectivity index (χ0) is 3.41. The molecule has 0 spiro atoms. The molecule has 0 aromatic rings. The van der Waals surface area contributed by atoms with E-state index >= 15 is 0 Å². The summed E-state index contributed by atoms with van der Waals surface area (Å²) in [5, 5.41) is 6.03. The van der Waals surface area contributed by atoms with Crippen LogP contribution in [0, 0.1) is 5.41 Å². The van der Waals surface area contributed by atoms with E-state index in [9.17, 15) is 0 Å². The van der Waals surface area contributed by atoms with Crippen LogP contribution < -0.4 is 0 Å². The average Bonchev–Trinajstić information content (AvgIpc) is 1.37. The summed E-state index contributed by atoms with van der Waals surface area (Å²) in [5.41, 5.74) is 0. The highest BCUT2D eigenvalue weighted by Crippen LogP contribution is 1.29. The van der Waals surface area contributed by atoms with Crippen LogP contribution in [0.2, 0.25) is 0 Å². The zero-order valence-corrected chi connectivity index (χ0v) is 3.67. The molecule has 0 radical (unpaired) electrons. The van der Waals surface area contributed by atoms with Crippen LogP contribution in [0.5, 0.6) is 0 Å². The van der Waals surface area contributed by atoms with E-state index in [-0.39, 0.29) is 12.4 Å². The van der Waals surface area contributed by atoms with E-state index in [2.05, 4.69) is 4.99 Å². The molecule has 0 heterocycles. The Labute approximate surface area is 36.8 Å². The molecular weight excluding hydrogens is 87.5 g/mol. The van der Waals surface area contributed by atoms with Crippen LogP contribution >= 0.6 is 12.4 Å². The Balaban J connectivity index is 0. The van der Waals surface area contributed by atoms with Gasteiger partial charge in [-0.1, -0.05) is 0 Å². The molecule has 30 valence electrons. The second-order valence-corrected chi connectivity index (χ2v) is 0.335. The van der Waals surface area contributed by atoms with E-state index < -0.39 is 0 Å². The van der Waals surface area contributed by atoms with Gasteiger partial charge in [-0.15, -0.1) is 12.4 Å². The summed E-state index contributed by atoms with van der Waals surface area (Å²) in [6.45, 7) is 0. The van der Waals surface area contributed by atoms with Gasteiger partial charge in [0.15, 0.2) is 0 Å². The highest BCUT2D eigenvalue weighted by molar-refractivity contribution is 5.85. The molecule has 0 amide bonds. The van der Waals surface area contributed by atoms with Crippen LogP contribution in [-0.2, 0) is 0 Å². The third-order valence-electron chi connectivity index (χ3n) is 0.112. The van der Waals surface area contributed by atoms with Crippen molar-refractivity contribution in [2.75, 3.05) is 7.05 Å². The van der Waals surface area contributed by atoms with E-state index in [0.29, 0.717) is 0 Å². The number of aliphatic imine (C=N–C) groups is 1. The molecule has 0 aliphatic rings. The monoisotopic (exact) mass is 92.0 g/mol. The minimum Gasteiger partial charge on any atom is -0.242 e. The molecule has 0 aliphatic carbocycles. The molecule has 1 N–H and O–H groups in total. The largest absolute Gasteiger partial charge is 0.242 e. The Hall–Kier alpha value is -0.330. The zero-order valence-electron chi connectivity index (χ0n) is 2.86. The summed E-state index contributed by atoms with van der Waals surface area (Å²) in [5.74, 6) is 0. The summed E-state index contributed by atoms with van der Waals surface area (Å²) < 4.78 is 0. The molecule has 0 aliphatic heterocycles. The molecule has 0 saturated heterocycles. The summed E-state index contributed by atoms with van der Waals surface area (Å²) in [6.07, 6.45) is 0. The van der Waals surface area contributed by atoms with Crippen molar-refractivity contribution in [1.29, 1.82) is 5.41 Å². The molecule has 0 fully saturated rings. The maximum Gasteiger partial charge on any atom is 0.0859 e. The summed E-state index contributed by atoms with van der Waals surface area (Å²) in [6, 6.07) is 1.81. The molecule has 2 nitrogen and oxygen atoms in total. The number of rotatable bonds is 0. The van der Waals surface area contributed by atoms with Crippen molar-refractivity contribution in [3.05, 3.63) is 0 Å². The van der Waals surface area contributed by atoms with Crippen molar-refractivity contribution < 1.29 is 0 Å². The van der Waals surface area contributed by atoms with Crippen molar-refractivity contribution in [3.8, 4) is 0 Å². The Morgan fingerprint density at radius 3 is 2.00 bits per heavy atom. The van der Waals surface area contributed by atoms with Crippen LogP contribution in [0.25, 0.3) is 0 Å². The lowest BCUT2D eigenvalue weighted by Crippen LogP contribution is -1.36. The van der Waals surface area contributed by atoms with Gasteiger partial charge < -0.3 is 0 Å². The first-order chi connectivity index (χ1) is 1.91. The van der Waals surface area contributed by atoms with Crippen LogP contribution in [0.1, 0.15) is 0 Å². The fourth-order valence-corrected chi connectivity index (χ4v) is 0. The SMILES string of the molecule is CN=C=N.Cl. The van der Waals surface area contributed by atoms with E-state index in [4.69, 9.17) is 5.41 Å². The Bertz CT molecular complexity index is 45.6. The molecule has 0 bridgehead atoms. The maximum absolute atomic E-state index is 6.03. The maximum atomic E-state index is 6.03. The van der Waals surface area contributed by atoms with Crippen molar-refractivity contribution in [3.63, 3.8) is 0 Å². The minimum absolute atomic E-state index is 0. The van der Waals surface area contributed by atoms with Crippen molar-refractivity contribution in [2.45, 2.75) is 0 Å². The Morgan fingerprint density at radius 1 is 1.80 bits per heavy atom. The van der Waals surface area contributed by atoms with Gasteiger partial charge in [-0.2, -0.15) is 0 Å². The van der Waals surface area contributed by atoms with E-state index in [1.165, 1.54) is 7.05 Å². The van der Waals surface area contributed by atoms with E-state index in [1.54, 1.807) is 6.01 Å². The first-order valence-electron chi connectivity index (χ1n) is 0.921. The topological polar surface area (TPSA) is 36.2 Å². The molecule has 5 heavy (non-hydrogen) atoms. The van der Waals surface area contributed by atoms with Crippen LogP contribution in [0.4, 0.5) is 0 Å². The molecule has 0 saturated carbocycles. The van der Waals surface area contributed by atoms with Crippen molar-refractivity contribution in [1.82, 2.24) is 0 Å². The number of nitrogens with zero attached hydrogens (tertiary/aromatic N) is 1.